The monoisotopic (exact) mass is 332 g/mol. The maximum absolute atomic E-state index is 9.99. The van der Waals surface area contributed by atoms with Crippen LogP contribution in [0, 0.1) is 0 Å². The van der Waals surface area contributed by atoms with Gasteiger partial charge in [-0.15, -0.1) is 0 Å². The molecule has 0 aromatic heterocycles. The summed E-state index contributed by atoms with van der Waals surface area (Å²) >= 11 is 0. The SMILES string of the molecule is O=C(O)C(=O)O.OC(COC1CCCCC1)C[NH+]1CCCCC1. The molecular formula is C16H30NO6+. The minimum Gasteiger partial charge on any atom is -0.473 e. The number of carboxylic acid groups (broad SMARTS) is 2. The smallest absolute Gasteiger partial charge is 0.414 e. The van der Waals surface area contributed by atoms with Crippen LogP contribution in [0.5, 0.6) is 0 Å². The Kier molecular flexibility index (Phi) is 9.82. The van der Waals surface area contributed by atoms with Crippen molar-refractivity contribution in [2.45, 2.75) is 63.6 Å². The molecule has 1 saturated heterocycles. The van der Waals surface area contributed by atoms with Crippen LogP contribution in [0.3, 0.4) is 0 Å². The van der Waals surface area contributed by atoms with Crippen LogP contribution in [0.15, 0.2) is 0 Å². The molecule has 23 heavy (non-hydrogen) atoms. The lowest BCUT2D eigenvalue weighted by Crippen LogP contribution is -3.14. The van der Waals surface area contributed by atoms with E-state index >= 15 is 0 Å². The quantitative estimate of drug-likeness (QED) is 0.525. The summed E-state index contributed by atoms with van der Waals surface area (Å²) in [6.07, 6.45) is 10.6. The molecule has 7 heteroatoms. The molecule has 2 fully saturated rings. The Labute approximate surface area is 137 Å². The number of ether oxygens (including phenoxy) is 1. The van der Waals surface area contributed by atoms with Gasteiger partial charge in [-0.2, -0.15) is 0 Å². The Balaban J connectivity index is 0.000000379. The lowest BCUT2D eigenvalue weighted by molar-refractivity contribution is -0.908. The molecule has 0 radical (unpaired) electrons. The lowest BCUT2D eigenvalue weighted by atomic mass is 9.98. The topological polar surface area (TPSA) is 108 Å². The van der Waals surface area contributed by atoms with Crippen LogP contribution in [-0.2, 0) is 14.3 Å². The van der Waals surface area contributed by atoms with E-state index in [2.05, 4.69) is 0 Å². The van der Waals surface area contributed by atoms with E-state index < -0.39 is 11.9 Å². The highest BCUT2D eigenvalue weighted by Crippen LogP contribution is 2.20. The fourth-order valence-electron chi connectivity index (χ4n) is 3.13. The van der Waals surface area contributed by atoms with E-state index in [9.17, 15) is 5.11 Å². The number of carboxylic acids is 2. The van der Waals surface area contributed by atoms with Gasteiger partial charge in [-0.05, 0) is 32.1 Å². The summed E-state index contributed by atoms with van der Waals surface area (Å²) in [5, 5.41) is 24.8. The first-order valence-corrected chi connectivity index (χ1v) is 8.58. The highest BCUT2D eigenvalue weighted by Gasteiger charge is 2.20. The molecule has 1 atom stereocenters. The zero-order valence-corrected chi connectivity index (χ0v) is 13.7. The molecule has 2 rings (SSSR count). The first kappa shape index (κ1) is 19.9. The Bertz CT molecular complexity index is 338. The lowest BCUT2D eigenvalue weighted by Gasteiger charge is -2.27. The average Bonchev–Trinajstić information content (AvgIpc) is 2.55. The number of aliphatic carboxylic acids is 2. The van der Waals surface area contributed by atoms with Gasteiger partial charge >= 0.3 is 11.9 Å². The van der Waals surface area contributed by atoms with E-state index in [1.807, 2.05) is 0 Å². The number of hydrogen-bond acceptors (Lipinski definition) is 4. The first-order chi connectivity index (χ1) is 11.0. The molecule has 0 bridgehead atoms. The van der Waals surface area contributed by atoms with Crippen molar-refractivity contribution < 1.29 is 34.5 Å². The van der Waals surface area contributed by atoms with Gasteiger partial charge in [0.05, 0.1) is 25.8 Å². The number of likely N-dealkylation sites (tertiary alicyclic amines) is 1. The molecule has 1 aliphatic heterocycles. The first-order valence-electron chi connectivity index (χ1n) is 8.58. The summed E-state index contributed by atoms with van der Waals surface area (Å²) in [7, 11) is 0. The third-order valence-electron chi connectivity index (χ3n) is 4.34. The number of quaternary nitrogens is 1. The Morgan fingerprint density at radius 2 is 1.48 bits per heavy atom. The Hall–Kier alpha value is -1.18. The molecule has 0 aromatic rings. The van der Waals surface area contributed by atoms with Crippen LogP contribution in [0.1, 0.15) is 51.4 Å². The molecular weight excluding hydrogens is 302 g/mol. The highest BCUT2D eigenvalue weighted by atomic mass is 16.5. The summed E-state index contributed by atoms with van der Waals surface area (Å²) in [6.45, 7) is 3.90. The Morgan fingerprint density at radius 1 is 0.957 bits per heavy atom. The van der Waals surface area contributed by atoms with Gasteiger partial charge in [0, 0.05) is 0 Å². The van der Waals surface area contributed by atoms with Gasteiger partial charge in [-0.1, -0.05) is 19.3 Å². The molecule has 0 amide bonds. The Morgan fingerprint density at radius 3 is 2.00 bits per heavy atom. The van der Waals surface area contributed by atoms with Crippen LogP contribution in [0.2, 0.25) is 0 Å². The van der Waals surface area contributed by atoms with E-state index in [0.29, 0.717) is 12.7 Å². The van der Waals surface area contributed by atoms with E-state index in [1.165, 1.54) is 64.5 Å². The van der Waals surface area contributed by atoms with Gasteiger partial charge in [0.15, 0.2) is 0 Å². The summed E-state index contributed by atoms with van der Waals surface area (Å²) < 4.78 is 5.82. The maximum Gasteiger partial charge on any atom is 0.414 e. The summed E-state index contributed by atoms with van der Waals surface area (Å²) in [5.74, 6) is -3.65. The minimum atomic E-state index is -1.82. The van der Waals surface area contributed by atoms with Gasteiger partial charge < -0.3 is 25.0 Å². The second kappa shape index (κ2) is 11.4. The number of aliphatic hydroxyl groups is 1. The van der Waals surface area contributed by atoms with Gasteiger partial charge in [0.25, 0.3) is 0 Å². The van der Waals surface area contributed by atoms with Crippen LogP contribution in [0.25, 0.3) is 0 Å². The number of carbonyl (C=O) groups is 2. The number of piperidine rings is 1. The zero-order chi connectivity index (χ0) is 17.1. The molecule has 0 aromatic carbocycles. The molecule has 2 aliphatic rings. The van der Waals surface area contributed by atoms with Crippen molar-refractivity contribution in [3.8, 4) is 0 Å². The zero-order valence-electron chi connectivity index (χ0n) is 13.7. The predicted octanol–water partition coefficient (Wildman–Crippen LogP) is -0.0790. The van der Waals surface area contributed by atoms with Crippen LogP contribution >= 0.6 is 0 Å². The molecule has 1 saturated carbocycles. The predicted molar refractivity (Wildman–Crippen MR) is 83.5 cm³/mol. The van der Waals surface area contributed by atoms with Gasteiger partial charge in [-0.3, -0.25) is 0 Å². The standard InChI is InChI=1S/C14H27NO2.C2H2O4/c16-13(11-15-9-5-2-6-10-15)12-17-14-7-3-1-4-8-14;3-1(4)2(5)6/h13-14,16H,1-12H2;(H,3,4)(H,5,6)/p+1. The van der Waals surface area contributed by atoms with Gasteiger partial charge in [0.1, 0.15) is 12.6 Å². The fraction of sp³-hybridized carbons (Fsp3) is 0.875. The molecule has 1 aliphatic carbocycles. The summed E-state index contributed by atoms with van der Waals surface area (Å²) in [4.78, 5) is 19.8. The second-order valence-electron chi connectivity index (χ2n) is 6.37. The third-order valence-corrected chi connectivity index (χ3v) is 4.34. The summed E-state index contributed by atoms with van der Waals surface area (Å²) in [6, 6.07) is 0. The average molecular weight is 332 g/mol. The van der Waals surface area contributed by atoms with E-state index in [1.54, 1.807) is 4.90 Å². The number of hydrogen-bond donors (Lipinski definition) is 4. The fourth-order valence-corrected chi connectivity index (χ4v) is 3.13. The molecule has 134 valence electrons. The molecule has 0 spiro atoms. The number of nitrogens with one attached hydrogen (secondary N) is 1. The van der Waals surface area contributed by atoms with Crippen molar-refractivity contribution in [1.82, 2.24) is 0 Å². The van der Waals surface area contributed by atoms with Crippen molar-refractivity contribution in [3.63, 3.8) is 0 Å². The van der Waals surface area contributed by atoms with E-state index in [-0.39, 0.29) is 6.10 Å². The van der Waals surface area contributed by atoms with Crippen molar-refractivity contribution in [2.75, 3.05) is 26.2 Å². The summed E-state index contributed by atoms with van der Waals surface area (Å²) in [5.41, 5.74) is 0. The van der Waals surface area contributed by atoms with Crippen molar-refractivity contribution >= 4 is 11.9 Å². The van der Waals surface area contributed by atoms with Crippen molar-refractivity contribution in [3.05, 3.63) is 0 Å². The van der Waals surface area contributed by atoms with Crippen LogP contribution < -0.4 is 4.90 Å². The minimum absolute atomic E-state index is 0.259. The molecule has 7 nitrogen and oxygen atoms in total. The van der Waals surface area contributed by atoms with Crippen molar-refractivity contribution in [2.24, 2.45) is 0 Å². The molecule has 1 unspecified atom stereocenters. The van der Waals surface area contributed by atoms with E-state index in [4.69, 9.17) is 24.5 Å². The van der Waals surface area contributed by atoms with E-state index in [0.717, 1.165) is 6.54 Å². The highest BCUT2D eigenvalue weighted by molar-refractivity contribution is 6.27. The molecule has 4 N–H and O–H groups in total. The number of rotatable bonds is 5. The largest absolute Gasteiger partial charge is 0.473 e. The molecule has 1 heterocycles. The third kappa shape index (κ3) is 9.53. The van der Waals surface area contributed by atoms with Crippen LogP contribution in [-0.4, -0.2) is 65.7 Å². The van der Waals surface area contributed by atoms with Crippen LogP contribution in [0.4, 0.5) is 0 Å². The van der Waals surface area contributed by atoms with Crippen molar-refractivity contribution in [1.29, 1.82) is 0 Å². The maximum atomic E-state index is 9.99. The number of aliphatic hydroxyl groups excluding tert-OH is 1. The second-order valence-corrected chi connectivity index (χ2v) is 6.37. The normalized spacial score (nSPS) is 21.1. The van der Waals surface area contributed by atoms with Gasteiger partial charge in [0.2, 0.25) is 0 Å². The van der Waals surface area contributed by atoms with Gasteiger partial charge in [-0.25, -0.2) is 9.59 Å².